The lowest BCUT2D eigenvalue weighted by Gasteiger charge is -2.10. The molecule has 0 atom stereocenters. The first-order chi connectivity index (χ1) is 12.9. The number of anilines is 1. The molecule has 3 aromatic rings. The molecule has 1 aromatic heterocycles. The Kier molecular flexibility index (Phi) is 5.19. The number of carboxylic acids is 1. The lowest BCUT2D eigenvalue weighted by atomic mass is 10.1. The van der Waals surface area contributed by atoms with E-state index in [-0.39, 0.29) is 17.0 Å². The summed E-state index contributed by atoms with van der Waals surface area (Å²) < 4.78 is 10.8. The summed E-state index contributed by atoms with van der Waals surface area (Å²) in [7, 11) is 1.43. The molecule has 0 spiro atoms. The van der Waals surface area contributed by atoms with Gasteiger partial charge in [0.1, 0.15) is 11.5 Å². The number of hydrogen-bond acceptors (Lipinski definition) is 4. The summed E-state index contributed by atoms with van der Waals surface area (Å²) >= 11 is 6.13. The predicted molar refractivity (Wildman–Crippen MR) is 102 cm³/mol. The smallest absolute Gasteiger partial charge is 0.335 e. The first-order valence-corrected chi connectivity index (χ1v) is 8.36. The van der Waals surface area contributed by atoms with E-state index in [4.69, 9.17) is 25.9 Å². The van der Waals surface area contributed by atoms with Crippen LogP contribution >= 0.6 is 11.6 Å². The average molecular weight is 386 g/mol. The van der Waals surface area contributed by atoms with Gasteiger partial charge in [0.2, 0.25) is 0 Å². The molecule has 7 heteroatoms. The molecule has 1 amide bonds. The van der Waals surface area contributed by atoms with Crippen LogP contribution in [0.25, 0.3) is 11.3 Å². The second-order valence-corrected chi connectivity index (χ2v) is 6.21. The number of aryl methyl sites for hydroxylation is 1. The normalized spacial score (nSPS) is 10.5. The maximum absolute atomic E-state index is 12.5. The molecule has 1 heterocycles. The molecule has 0 saturated heterocycles. The average Bonchev–Trinajstić information content (AvgIpc) is 3.14. The number of aromatic carboxylic acids is 1. The van der Waals surface area contributed by atoms with Gasteiger partial charge in [-0.15, -0.1) is 0 Å². The van der Waals surface area contributed by atoms with Gasteiger partial charge in [0, 0.05) is 10.6 Å². The first kappa shape index (κ1) is 18.5. The zero-order chi connectivity index (χ0) is 19.6. The summed E-state index contributed by atoms with van der Waals surface area (Å²) in [4.78, 5) is 23.6. The molecule has 3 rings (SSSR count). The quantitative estimate of drug-likeness (QED) is 0.654. The van der Waals surface area contributed by atoms with E-state index < -0.39 is 11.9 Å². The molecule has 0 radical (unpaired) electrons. The van der Waals surface area contributed by atoms with Crippen LogP contribution in [0.2, 0.25) is 5.02 Å². The van der Waals surface area contributed by atoms with E-state index in [1.165, 1.54) is 31.4 Å². The number of furan rings is 1. The minimum atomic E-state index is -1.11. The van der Waals surface area contributed by atoms with Crippen LogP contribution in [0.1, 0.15) is 26.5 Å². The molecule has 0 unspecified atom stereocenters. The summed E-state index contributed by atoms with van der Waals surface area (Å²) in [6.45, 7) is 1.89. The van der Waals surface area contributed by atoms with Gasteiger partial charge in [0.05, 0.1) is 18.4 Å². The maximum atomic E-state index is 12.5. The lowest BCUT2D eigenvalue weighted by Crippen LogP contribution is -2.12. The number of methoxy groups -OCH3 is 1. The van der Waals surface area contributed by atoms with Crippen LogP contribution < -0.4 is 10.1 Å². The molecule has 0 bridgehead atoms. The number of ether oxygens (including phenoxy) is 1. The summed E-state index contributed by atoms with van der Waals surface area (Å²) in [5.74, 6) is -0.729. The maximum Gasteiger partial charge on any atom is 0.335 e. The van der Waals surface area contributed by atoms with Crippen molar-refractivity contribution >= 4 is 29.2 Å². The molecular formula is C20H16ClNO5. The van der Waals surface area contributed by atoms with E-state index in [2.05, 4.69) is 5.32 Å². The Bertz CT molecular complexity index is 1020. The van der Waals surface area contributed by atoms with Crippen LogP contribution in [0.15, 0.2) is 52.9 Å². The molecule has 138 valence electrons. The zero-order valence-corrected chi connectivity index (χ0v) is 15.3. The van der Waals surface area contributed by atoms with Gasteiger partial charge in [-0.1, -0.05) is 23.7 Å². The highest BCUT2D eigenvalue weighted by Gasteiger charge is 2.16. The van der Waals surface area contributed by atoms with E-state index in [1.807, 2.05) is 19.1 Å². The number of carboxylic acid groups (broad SMARTS) is 1. The minimum Gasteiger partial charge on any atom is -0.495 e. The van der Waals surface area contributed by atoms with Crippen LogP contribution in [0.3, 0.4) is 0 Å². The monoisotopic (exact) mass is 385 g/mol. The Hall–Kier alpha value is -3.25. The van der Waals surface area contributed by atoms with E-state index in [0.717, 1.165) is 11.1 Å². The lowest BCUT2D eigenvalue weighted by molar-refractivity contribution is 0.0696. The van der Waals surface area contributed by atoms with Gasteiger partial charge in [-0.05, 0) is 48.9 Å². The number of rotatable bonds is 5. The Labute approximate surface area is 160 Å². The van der Waals surface area contributed by atoms with E-state index >= 15 is 0 Å². The number of amides is 1. The van der Waals surface area contributed by atoms with Crippen molar-refractivity contribution < 1.29 is 23.8 Å². The van der Waals surface area contributed by atoms with Gasteiger partial charge in [-0.2, -0.15) is 0 Å². The van der Waals surface area contributed by atoms with Crippen LogP contribution in [-0.4, -0.2) is 24.1 Å². The van der Waals surface area contributed by atoms with E-state index in [9.17, 15) is 9.59 Å². The number of carbonyl (C=O) groups is 2. The number of nitrogens with one attached hydrogen (secondary N) is 1. The van der Waals surface area contributed by atoms with Gasteiger partial charge < -0.3 is 19.6 Å². The number of hydrogen-bond donors (Lipinski definition) is 2. The largest absolute Gasteiger partial charge is 0.495 e. The van der Waals surface area contributed by atoms with Crippen molar-refractivity contribution in [3.8, 4) is 17.1 Å². The third-order valence-electron chi connectivity index (χ3n) is 3.98. The van der Waals surface area contributed by atoms with Crippen LogP contribution in [-0.2, 0) is 0 Å². The molecule has 0 fully saturated rings. The Morgan fingerprint density at radius 3 is 2.56 bits per heavy atom. The van der Waals surface area contributed by atoms with Gasteiger partial charge in [0.25, 0.3) is 5.91 Å². The van der Waals surface area contributed by atoms with Gasteiger partial charge >= 0.3 is 5.97 Å². The first-order valence-electron chi connectivity index (χ1n) is 7.98. The summed E-state index contributed by atoms with van der Waals surface area (Å²) in [6, 6.07) is 12.9. The topological polar surface area (TPSA) is 88.8 Å². The van der Waals surface area contributed by atoms with Crippen molar-refractivity contribution in [1.82, 2.24) is 0 Å². The molecule has 6 nitrogen and oxygen atoms in total. The fourth-order valence-corrected chi connectivity index (χ4v) is 2.66. The van der Waals surface area contributed by atoms with E-state index in [0.29, 0.717) is 16.5 Å². The van der Waals surface area contributed by atoms with Crippen molar-refractivity contribution in [3.05, 3.63) is 70.4 Å². The third-order valence-corrected chi connectivity index (χ3v) is 4.39. The fourth-order valence-electron chi connectivity index (χ4n) is 2.48. The van der Waals surface area contributed by atoms with Crippen molar-refractivity contribution in [2.45, 2.75) is 6.92 Å². The van der Waals surface area contributed by atoms with Crippen LogP contribution in [0.4, 0.5) is 5.69 Å². The summed E-state index contributed by atoms with van der Waals surface area (Å²) in [5.41, 5.74) is 1.95. The van der Waals surface area contributed by atoms with Crippen molar-refractivity contribution in [3.63, 3.8) is 0 Å². The summed E-state index contributed by atoms with van der Waals surface area (Å²) in [6.07, 6.45) is 0. The molecule has 0 aliphatic heterocycles. The van der Waals surface area contributed by atoms with Gasteiger partial charge in [0.15, 0.2) is 5.76 Å². The highest BCUT2D eigenvalue weighted by molar-refractivity contribution is 6.31. The number of benzene rings is 2. The third kappa shape index (κ3) is 3.96. The zero-order valence-electron chi connectivity index (χ0n) is 14.6. The second kappa shape index (κ2) is 7.55. The summed E-state index contributed by atoms with van der Waals surface area (Å²) in [5, 5.41) is 12.3. The fraction of sp³-hybridized carbons (Fsp3) is 0.100. The molecule has 27 heavy (non-hydrogen) atoms. The minimum absolute atomic E-state index is 0.0283. The van der Waals surface area contributed by atoms with Crippen LogP contribution in [0, 0.1) is 6.92 Å². The second-order valence-electron chi connectivity index (χ2n) is 5.80. The van der Waals surface area contributed by atoms with Crippen molar-refractivity contribution in [2.75, 3.05) is 12.4 Å². The molecular weight excluding hydrogens is 370 g/mol. The molecule has 0 aliphatic rings. The Morgan fingerprint density at radius 2 is 1.89 bits per heavy atom. The predicted octanol–water partition coefficient (Wildman–Crippen LogP) is 4.87. The standard InChI is InChI=1S/C20H16ClNO5/c1-11-3-4-12(9-14(11)21)16-7-8-18(27-16)19(23)22-15-10-13(20(24)25)5-6-17(15)26-2/h3-10H,1-2H3,(H,22,23)(H,24,25). The van der Waals surface area contributed by atoms with Gasteiger partial charge in [-0.25, -0.2) is 4.79 Å². The highest BCUT2D eigenvalue weighted by atomic mass is 35.5. The Balaban J connectivity index is 1.85. The molecule has 2 N–H and O–H groups in total. The Morgan fingerprint density at radius 1 is 1.11 bits per heavy atom. The number of halogens is 1. The molecule has 0 aliphatic carbocycles. The van der Waals surface area contributed by atoms with E-state index in [1.54, 1.807) is 12.1 Å². The molecule has 2 aromatic carbocycles. The highest BCUT2D eigenvalue weighted by Crippen LogP contribution is 2.29. The molecule has 0 saturated carbocycles. The SMILES string of the molecule is COc1ccc(C(=O)O)cc1NC(=O)c1ccc(-c2ccc(C)c(Cl)c2)o1. The van der Waals surface area contributed by atoms with Crippen LogP contribution in [0.5, 0.6) is 5.75 Å². The van der Waals surface area contributed by atoms with Crippen molar-refractivity contribution in [1.29, 1.82) is 0 Å². The van der Waals surface area contributed by atoms with Gasteiger partial charge in [-0.3, -0.25) is 4.79 Å². The number of carbonyl (C=O) groups excluding carboxylic acids is 1. The van der Waals surface area contributed by atoms with Crippen molar-refractivity contribution in [2.24, 2.45) is 0 Å².